The Morgan fingerprint density at radius 2 is 1.80 bits per heavy atom. The lowest BCUT2D eigenvalue weighted by Crippen LogP contribution is -2.51. The molecule has 0 saturated carbocycles. The zero-order valence-corrected chi connectivity index (χ0v) is 12.3. The molecular weight excluding hydrogens is 255 g/mol. The molecule has 4 heteroatoms. The Morgan fingerprint density at radius 3 is 2.35 bits per heavy atom. The largest absolute Gasteiger partial charge is 0.340 e. The number of carbonyl (C=O) groups is 1. The molecule has 1 aromatic rings. The molecule has 0 aromatic heterocycles. The topological polar surface area (TPSA) is 23.6 Å². The summed E-state index contributed by atoms with van der Waals surface area (Å²) in [5.74, 6) is -0.122. The van der Waals surface area contributed by atoms with Gasteiger partial charge in [0.15, 0.2) is 0 Å². The zero-order chi connectivity index (χ0) is 14.5. The Kier molecular flexibility index (Phi) is 5.12. The first kappa shape index (κ1) is 15.0. The SMILES string of the molecule is CCC(C)N1CCN(C(=O)Cc2ccc(F)cc2)CC1. The van der Waals surface area contributed by atoms with Gasteiger partial charge in [-0.1, -0.05) is 19.1 Å². The highest BCUT2D eigenvalue weighted by Gasteiger charge is 2.23. The molecule has 0 aliphatic carbocycles. The quantitative estimate of drug-likeness (QED) is 0.844. The maximum Gasteiger partial charge on any atom is 0.227 e. The van der Waals surface area contributed by atoms with Crippen molar-refractivity contribution in [1.29, 1.82) is 0 Å². The van der Waals surface area contributed by atoms with Crippen LogP contribution < -0.4 is 0 Å². The van der Waals surface area contributed by atoms with Gasteiger partial charge in [0.05, 0.1) is 6.42 Å². The summed E-state index contributed by atoms with van der Waals surface area (Å²) in [5.41, 5.74) is 0.876. The van der Waals surface area contributed by atoms with Crippen LogP contribution in [0.2, 0.25) is 0 Å². The Bertz CT molecular complexity index is 438. The third-order valence-electron chi connectivity index (χ3n) is 4.15. The first-order valence-corrected chi connectivity index (χ1v) is 7.36. The number of carbonyl (C=O) groups excluding carboxylic acids is 1. The summed E-state index contributed by atoms with van der Waals surface area (Å²) in [6.07, 6.45) is 1.51. The molecule has 0 bridgehead atoms. The summed E-state index contributed by atoms with van der Waals surface area (Å²) in [7, 11) is 0. The number of nitrogens with zero attached hydrogens (tertiary/aromatic N) is 2. The molecule has 0 N–H and O–H groups in total. The molecule has 110 valence electrons. The highest BCUT2D eigenvalue weighted by atomic mass is 19.1. The third kappa shape index (κ3) is 3.79. The summed E-state index contributed by atoms with van der Waals surface area (Å²) in [4.78, 5) is 16.6. The van der Waals surface area contributed by atoms with Crippen molar-refractivity contribution < 1.29 is 9.18 Å². The summed E-state index contributed by atoms with van der Waals surface area (Å²) in [5, 5.41) is 0. The molecule has 0 spiro atoms. The minimum absolute atomic E-state index is 0.139. The second-order valence-electron chi connectivity index (χ2n) is 5.48. The van der Waals surface area contributed by atoms with Crippen LogP contribution in [0.15, 0.2) is 24.3 Å². The van der Waals surface area contributed by atoms with E-state index in [0.29, 0.717) is 12.5 Å². The second-order valence-corrected chi connectivity index (χ2v) is 5.48. The molecule has 20 heavy (non-hydrogen) atoms. The molecule has 1 unspecified atom stereocenters. The first-order chi connectivity index (χ1) is 9.60. The van der Waals surface area contributed by atoms with Crippen LogP contribution >= 0.6 is 0 Å². The van der Waals surface area contributed by atoms with E-state index in [2.05, 4.69) is 18.7 Å². The van der Waals surface area contributed by atoms with E-state index in [4.69, 9.17) is 0 Å². The van der Waals surface area contributed by atoms with Crippen LogP contribution in [0.5, 0.6) is 0 Å². The fraction of sp³-hybridized carbons (Fsp3) is 0.562. The predicted octanol–water partition coefficient (Wildman–Crippen LogP) is 2.31. The molecule has 1 saturated heterocycles. The van der Waals surface area contributed by atoms with E-state index in [1.165, 1.54) is 12.1 Å². The normalized spacial score (nSPS) is 18.1. The predicted molar refractivity (Wildman–Crippen MR) is 78.0 cm³/mol. The van der Waals surface area contributed by atoms with Gasteiger partial charge >= 0.3 is 0 Å². The fourth-order valence-corrected chi connectivity index (χ4v) is 2.56. The second kappa shape index (κ2) is 6.84. The van der Waals surface area contributed by atoms with Crippen LogP contribution in [0, 0.1) is 5.82 Å². The smallest absolute Gasteiger partial charge is 0.227 e. The molecule has 2 rings (SSSR count). The van der Waals surface area contributed by atoms with E-state index in [9.17, 15) is 9.18 Å². The molecular formula is C16H23FN2O. The van der Waals surface area contributed by atoms with Gasteiger partial charge in [-0.25, -0.2) is 4.39 Å². The number of halogens is 1. The van der Waals surface area contributed by atoms with Crippen LogP contribution in [-0.4, -0.2) is 47.9 Å². The van der Waals surface area contributed by atoms with Gasteiger partial charge in [-0.15, -0.1) is 0 Å². The van der Waals surface area contributed by atoms with Crippen LogP contribution in [0.1, 0.15) is 25.8 Å². The van der Waals surface area contributed by atoms with Gasteiger partial charge in [-0.2, -0.15) is 0 Å². The molecule has 0 radical (unpaired) electrons. The lowest BCUT2D eigenvalue weighted by molar-refractivity contribution is -0.132. The van der Waals surface area contributed by atoms with Crippen molar-refractivity contribution >= 4 is 5.91 Å². The van der Waals surface area contributed by atoms with E-state index in [0.717, 1.165) is 38.2 Å². The van der Waals surface area contributed by atoms with Crippen LogP contribution in [0.3, 0.4) is 0 Å². The van der Waals surface area contributed by atoms with Gasteiger partial charge in [0.2, 0.25) is 5.91 Å². The number of piperazine rings is 1. The van der Waals surface area contributed by atoms with Crippen molar-refractivity contribution in [2.45, 2.75) is 32.7 Å². The monoisotopic (exact) mass is 278 g/mol. The highest BCUT2D eigenvalue weighted by Crippen LogP contribution is 2.11. The molecule has 1 aliphatic rings. The van der Waals surface area contributed by atoms with Crippen molar-refractivity contribution in [2.75, 3.05) is 26.2 Å². The Hall–Kier alpha value is -1.42. The van der Waals surface area contributed by atoms with Crippen LogP contribution in [-0.2, 0) is 11.2 Å². The minimum atomic E-state index is -0.261. The molecule has 3 nitrogen and oxygen atoms in total. The van der Waals surface area contributed by atoms with Crippen LogP contribution in [0.25, 0.3) is 0 Å². The van der Waals surface area contributed by atoms with E-state index < -0.39 is 0 Å². The van der Waals surface area contributed by atoms with Gasteiger partial charge < -0.3 is 4.90 Å². The Balaban J connectivity index is 1.84. The lowest BCUT2D eigenvalue weighted by atomic mass is 10.1. The maximum atomic E-state index is 12.8. The number of amides is 1. The molecule has 1 aliphatic heterocycles. The van der Waals surface area contributed by atoms with Crippen molar-refractivity contribution in [3.05, 3.63) is 35.6 Å². The van der Waals surface area contributed by atoms with E-state index in [1.807, 2.05) is 4.90 Å². The highest BCUT2D eigenvalue weighted by molar-refractivity contribution is 5.78. The molecule has 1 amide bonds. The molecule has 1 atom stereocenters. The van der Waals surface area contributed by atoms with E-state index in [-0.39, 0.29) is 11.7 Å². The minimum Gasteiger partial charge on any atom is -0.340 e. The van der Waals surface area contributed by atoms with E-state index in [1.54, 1.807) is 12.1 Å². The number of rotatable bonds is 4. The summed E-state index contributed by atoms with van der Waals surface area (Å²) >= 11 is 0. The molecule has 1 heterocycles. The number of hydrogen-bond acceptors (Lipinski definition) is 2. The summed E-state index contributed by atoms with van der Waals surface area (Å²) in [6, 6.07) is 6.77. The van der Waals surface area contributed by atoms with Gasteiger partial charge in [0.25, 0.3) is 0 Å². The zero-order valence-electron chi connectivity index (χ0n) is 12.3. The van der Waals surface area contributed by atoms with Gasteiger partial charge in [0, 0.05) is 32.2 Å². The Morgan fingerprint density at radius 1 is 1.20 bits per heavy atom. The number of benzene rings is 1. The van der Waals surface area contributed by atoms with Crippen LogP contribution in [0.4, 0.5) is 4.39 Å². The van der Waals surface area contributed by atoms with Gasteiger partial charge in [-0.05, 0) is 31.0 Å². The first-order valence-electron chi connectivity index (χ1n) is 7.36. The third-order valence-corrected chi connectivity index (χ3v) is 4.15. The number of hydrogen-bond donors (Lipinski definition) is 0. The average molecular weight is 278 g/mol. The van der Waals surface area contributed by atoms with Crippen molar-refractivity contribution in [3.8, 4) is 0 Å². The fourth-order valence-electron chi connectivity index (χ4n) is 2.56. The average Bonchev–Trinajstić information content (AvgIpc) is 2.49. The van der Waals surface area contributed by atoms with Crippen molar-refractivity contribution in [1.82, 2.24) is 9.80 Å². The summed E-state index contributed by atoms with van der Waals surface area (Å²) < 4.78 is 12.8. The van der Waals surface area contributed by atoms with Crippen molar-refractivity contribution in [2.24, 2.45) is 0 Å². The van der Waals surface area contributed by atoms with E-state index >= 15 is 0 Å². The summed E-state index contributed by atoms with van der Waals surface area (Å²) in [6.45, 7) is 7.91. The Labute approximate surface area is 120 Å². The standard InChI is InChI=1S/C16H23FN2O/c1-3-13(2)18-8-10-19(11-9-18)16(20)12-14-4-6-15(17)7-5-14/h4-7,13H,3,8-12H2,1-2H3. The van der Waals surface area contributed by atoms with Gasteiger partial charge in [0.1, 0.15) is 5.82 Å². The molecule has 1 aromatic carbocycles. The lowest BCUT2D eigenvalue weighted by Gasteiger charge is -2.37. The van der Waals surface area contributed by atoms with Crippen molar-refractivity contribution in [3.63, 3.8) is 0 Å². The van der Waals surface area contributed by atoms with Gasteiger partial charge in [-0.3, -0.25) is 9.69 Å². The molecule has 1 fully saturated rings. The maximum absolute atomic E-state index is 12.8.